The molecule has 0 aromatic carbocycles. The fourth-order valence-electron chi connectivity index (χ4n) is 7.17. The van der Waals surface area contributed by atoms with E-state index >= 15 is 0 Å². The molecule has 2 saturated carbocycles. The molecule has 3 fully saturated rings. The molecular weight excluding hydrogens is 538 g/mol. The highest BCUT2D eigenvalue weighted by molar-refractivity contribution is 7.85. The van der Waals surface area contributed by atoms with Gasteiger partial charge in [0, 0.05) is 56.8 Å². The van der Waals surface area contributed by atoms with Crippen molar-refractivity contribution in [3.63, 3.8) is 0 Å². The molecule has 0 aromatic heterocycles. The van der Waals surface area contributed by atoms with Gasteiger partial charge in [-0.2, -0.15) is 8.42 Å². The highest BCUT2D eigenvalue weighted by Gasteiger charge is 2.33. The van der Waals surface area contributed by atoms with E-state index in [1.165, 1.54) is 64.2 Å². The van der Waals surface area contributed by atoms with Crippen molar-refractivity contribution in [2.24, 2.45) is 22.7 Å². The van der Waals surface area contributed by atoms with Gasteiger partial charge in [0.1, 0.15) is 12.0 Å². The predicted molar refractivity (Wildman–Crippen MR) is 168 cm³/mol. The van der Waals surface area contributed by atoms with Crippen molar-refractivity contribution in [3.05, 3.63) is 0 Å². The zero-order chi connectivity index (χ0) is 29.1. The SMILES string of the molecule is CCC1C(=N)CC(N2CCN(CCS(=O)(=O)O)CC2)=NC1NCC1CCC(CNCCCNC2CCCCC2)CC1. The lowest BCUT2D eigenvalue weighted by atomic mass is 9.81. The van der Waals surface area contributed by atoms with Crippen molar-refractivity contribution in [2.75, 3.05) is 64.7 Å². The molecule has 1 saturated heterocycles. The Morgan fingerprint density at radius 1 is 0.927 bits per heavy atom. The zero-order valence-electron chi connectivity index (χ0n) is 25.5. The van der Waals surface area contributed by atoms with Crippen LogP contribution in [0, 0.1) is 23.2 Å². The summed E-state index contributed by atoms with van der Waals surface area (Å²) in [4.78, 5) is 9.47. The van der Waals surface area contributed by atoms with Gasteiger partial charge in [-0.15, -0.1) is 0 Å². The minimum atomic E-state index is -3.93. The van der Waals surface area contributed by atoms with E-state index in [4.69, 9.17) is 15.0 Å². The van der Waals surface area contributed by atoms with Crippen molar-refractivity contribution < 1.29 is 13.0 Å². The number of nitrogens with one attached hydrogen (secondary N) is 4. The molecule has 41 heavy (non-hydrogen) atoms. The van der Waals surface area contributed by atoms with Crippen molar-refractivity contribution in [1.29, 1.82) is 5.41 Å². The standard InChI is InChI=1S/C30H57N7O3S/c1-2-27-28(31)21-29(37-17-15-36(16-18-37)19-20-41(38,39)40)35-30(27)34-23-25-11-9-24(10-12-25)22-32-13-6-14-33-26-7-4-3-5-8-26/h24-27,30-34H,2-23H2,1H3,(H,38,39,40). The van der Waals surface area contributed by atoms with Crippen LogP contribution in [0.15, 0.2) is 4.99 Å². The number of hydrogen-bond acceptors (Lipinski definition) is 9. The Hall–Kier alpha value is -1.11. The molecule has 11 heteroatoms. The third kappa shape index (κ3) is 11.2. The first-order valence-electron chi connectivity index (χ1n) is 16.5. The number of amidine groups is 1. The molecule has 2 heterocycles. The largest absolute Gasteiger partial charge is 0.357 e. The van der Waals surface area contributed by atoms with Crippen LogP contribution in [0.5, 0.6) is 0 Å². The van der Waals surface area contributed by atoms with Crippen LogP contribution in [-0.4, -0.2) is 111 Å². The molecule has 10 nitrogen and oxygen atoms in total. The summed E-state index contributed by atoms with van der Waals surface area (Å²) < 4.78 is 31.2. The van der Waals surface area contributed by atoms with Crippen LogP contribution in [0.2, 0.25) is 0 Å². The molecule has 2 atom stereocenters. The number of aliphatic imine (C=N–C) groups is 1. The summed E-state index contributed by atoms with van der Waals surface area (Å²) in [7, 11) is -3.93. The first-order valence-corrected chi connectivity index (χ1v) is 18.2. The summed E-state index contributed by atoms with van der Waals surface area (Å²) in [6.45, 7) is 9.93. The summed E-state index contributed by atoms with van der Waals surface area (Å²) >= 11 is 0. The summed E-state index contributed by atoms with van der Waals surface area (Å²) in [5.74, 6) is 2.41. The molecule has 2 aliphatic heterocycles. The summed E-state index contributed by atoms with van der Waals surface area (Å²) in [6, 6.07) is 0.764. The second-order valence-electron chi connectivity index (χ2n) is 13.0. The molecule has 0 amide bonds. The predicted octanol–water partition coefficient (Wildman–Crippen LogP) is 2.96. The molecule has 2 aliphatic carbocycles. The second-order valence-corrected chi connectivity index (χ2v) is 14.5. The maximum atomic E-state index is 11.1. The average molecular weight is 596 g/mol. The van der Waals surface area contributed by atoms with Gasteiger partial charge in [0.2, 0.25) is 0 Å². The third-order valence-corrected chi connectivity index (χ3v) is 10.6. The van der Waals surface area contributed by atoms with Crippen LogP contribution < -0.4 is 16.0 Å². The van der Waals surface area contributed by atoms with Gasteiger partial charge in [-0.3, -0.25) is 19.8 Å². The van der Waals surface area contributed by atoms with Crippen molar-refractivity contribution in [3.8, 4) is 0 Å². The van der Waals surface area contributed by atoms with Crippen LogP contribution in [0.4, 0.5) is 0 Å². The highest BCUT2D eigenvalue weighted by atomic mass is 32.2. The molecular formula is C30H57N7O3S. The molecule has 2 unspecified atom stereocenters. The number of rotatable bonds is 14. The van der Waals surface area contributed by atoms with E-state index in [1.54, 1.807) is 0 Å². The molecule has 236 valence electrons. The number of nitrogens with zero attached hydrogens (tertiary/aromatic N) is 3. The average Bonchev–Trinajstić information content (AvgIpc) is 2.97. The molecule has 4 aliphatic rings. The van der Waals surface area contributed by atoms with E-state index in [1.807, 2.05) is 0 Å². The molecule has 0 aromatic rings. The maximum absolute atomic E-state index is 11.1. The normalized spacial score (nSPS) is 29.1. The van der Waals surface area contributed by atoms with E-state index in [-0.39, 0.29) is 17.8 Å². The first kappa shape index (κ1) is 32.8. The van der Waals surface area contributed by atoms with Crippen LogP contribution in [0.3, 0.4) is 0 Å². The Morgan fingerprint density at radius 2 is 1.61 bits per heavy atom. The quantitative estimate of drug-likeness (QED) is 0.153. The monoisotopic (exact) mass is 595 g/mol. The minimum Gasteiger partial charge on any atom is -0.357 e. The van der Waals surface area contributed by atoms with Crippen LogP contribution in [0.25, 0.3) is 0 Å². The van der Waals surface area contributed by atoms with E-state index in [0.717, 1.165) is 82.3 Å². The Morgan fingerprint density at radius 3 is 2.27 bits per heavy atom. The Labute approximate surface area is 249 Å². The molecule has 4 rings (SSSR count). The van der Waals surface area contributed by atoms with E-state index < -0.39 is 10.1 Å². The van der Waals surface area contributed by atoms with Gasteiger partial charge in [0.25, 0.3) is 10.1 Å². The van der Waals surface area contributed by atoms with Crippen molar-refractivity contribution >= 4 is 21.7 Å². The smallest absolute Gasteiger partial charge is 0.266 e. The molecule has 0 radical (unpaired) electrons. The van der Waals surface area contributed by atoms with Gasteiger partial charge in [-0.1, -0.05) is 26.2 Å². The summed E-state index contributed by atoms with van der Waals surface area (Å²) in [5.41, 5.74) is 0.771. The Bertz CT molecular complexity index is 924. The van der Waals surface area contributed by atoms with Gasteiger partial charge < -0.3 is 20.9 Å². The molecule has 0 spiro atoms. The van der Waals surface area contributed by atoms with Crippen molar-refractivity contribution in [1.82, 2.24) is 25.8 Å². The summed E-state index contributed by atoms with van der Waals surface area (Å²) in [5, 5.41) is 20.0. The minimum absolute atomic E-state index is 0.0320. The fraction of sp³-hybridized carbons (Fsp3) is 0.933. The van der Waals surface area contributed by atoms with Gasteiger partial charge in [0.05, 0.1) is 5.75 Å². The van der Waals surface area contributed by atoms with E-state index in [9.17, 15) is 8.42 Å². The lowest BCUT2D eigenvalue weighted by Gasteiger charge is -2.40. The maximum Gasteiger partial charge on any atom is 0.266 e. The molecule has 0 bridgehead atoms. The zero-order valence-corrected chi connectivity index (χ0v) is 26.3. The van der Waals surface area contributed by atoms with E-state index in [2.05, 4.69) is 32.7 Å². The van der Waals surface area contributed by atoms with Crippen molar-refractivity contribution in [2.45, 2.75) is 96.2 Å². The van der Waals surface area contributed by atoms with Gasteiger partial charge in [-0.05, 0) is 89.4 Å². The summed E-state index contributed by atoms with van der Waals surface area (Å²) in [6.07, 6.45) is 14.8. The first-order chi connectivity index (χ1) is 19.8. The second kappa shape index (κ2) is 16.7. The van der Waals surface area contributed by atoms with Crippen LogP contribution >= 0.6 is 0 Å². The lowest BCUT2D eigenvalue weighted by molar-refractivity contribution is 0.186. The van der Waals surface area contributed by atoms with Gasteiger partial charge in [-0.25, -0.2) is 0 Å². The number of piperazine rings is 1. The van der Waals surface area contributed by atoms with Crippen LogP contribution in [-0.2, 0) is 10.1 Å². The Balaban J connectivity index is 1.13. The molecule has 5 N–H and O–H groups in total. The van der Waals surface area contributed by atoms with E-state index in [0.29, 0.717) is 18.9 Å². The Kier molecular flexibility index (Phi) is 13.3. The van der Waals surface area contributed by atoms with Gasteiger partial charge in [0.15, 0.2) is 0 Å². The number of hydrogen-bond donors (Lipinski definition) is 5. The van der Waals surface area contributed by atoms with Crippen LogP contribution in [0.1, 0.15) is 84.0 Å². The third-order valence-electron chi connectivity index (χ3n) is 9.89. The topological polar surface area (TPSA) is 133 Å². The lowest BCUT2D eigenvalue weighted by Crippen LogP contribution is -2.53. The fourth-order valence-corrected chi connectivity index (χ4v) is 7.66. The highest BCUT2D eigenvalue weighted by Crippen LogP contribution is 2.29. The van der Waals surface area contributed by atoms with Gasteiger partial charge >= 0.3 is 0 Å².